The van der Waals surface area contributed by atoms with Crippen LogP contribution in [-0.2, 0) is 18.4 Å². The van der Waals surface area contributed by atoms with E-state index >= 15 is 0 Å². The first-order chi connectivity index (χ1) is 9.48. The first kappa shape index (κ1) is 13.8. The molecular weight excluding hydrogens is 319 g/mol. The second kappa shape index (κ2) is 4.97. The van der Waals surface area contributed by atoms with Crippen molar-refractivity contribution in [2.45, 2.75) is 31.8 Å². The molecule has 104 valence electrons. The van der Waals surface area contributed by atoms with Crippen molar-refractivity contribution < 1.29 is 9.50 Å². The molecule has 1 aliphatic rings. The van der Waals surface area contributed by atoms with Crippen LogP contribution in [0.5, 0.6) is 0 Å². The number of hydrogen-bond acceptors (Lipinski definition) is 1. The topological polar surface area (TPSA) is 20.2 Å². The smallest absolute Gasteiger partial charge is 0.124 e. The Hall–Kier alpha value is -1.19. The largest absolute Gasteiger partial charge is 0.385 e. The molecule has 1 N–H and O–H groups in total. The number of hydrogen-bond donors (Lipinski definition) is 1. The Morgan fingerprint density at radius 1 is 1.25 bits per heavy atom. The van der Waals surface area contributed by atoms with E-state index in [1.54, 1.807) is 6.07 Å². The number of aliphatic hydroxyl groups is 1. The SMILES string of the molecule is Cc1ccc2c(c1)C(O)(Cc1ccc(F)cc1Br)CC2. The van der Waals surface area contributed by atoms with E-state index in [0.29, 0.717) is 10.9 Å². The maximum absolute atomic E-state index is 13.2. The summed E-state index contributed by atoms with van der Waals surface area (Å²) in [6.07, 6.45) is 2.12. The van der Waals surface area contributed by atoms with Gasteiger partial charge in [0.25, 0.3) is 0 Å². The summed E-state index contributed by atoms with van der Waals surface area (Å²) in [5, 5.41) is 11.0. The van der Waals surface area contributed by atoms with Gasteiger partial charge in [-0.3, -0.25) is 0 Å². The Morgan fingerprint density at radius 3 is 2.80 bits per heavy atom. The fourth-order valence-corrected chi connectivity index (χ4v) is 3.47. The highest BCUT2D eigenvalue weighted by atomic mass is 79.9. The number of rotatable bonds is 2. The number of halogens is 2. The van der Waals surface area contributed by atoms with E-state index in [-0.39, 0.29) is 5.82 Å². The molecule has 0 aliphatic heterocycles. The van der Waals surface area contributed by atoms with Crippen molar-refractivity contribution in [2.24, 2.45) is 0 Å². The lowest BCUT2D eigenvalue weighted by atomic mass is 9.88. The molecule has 3 heteroatoms. The first-order valence-electron chi connectivity index (χ1n) is 6.74. The van der Waals surface area contributed by atoms with Crippen LogP contribution in [0, 0.1) is 12.7 Å². The standard InChI is InChI=1S/C17H16BrFO/c1-11-2-3-12-6-7-17(20,15(12)8-11)10-13-4-5-14(19)9-16(13)18/h2-5,8-9,20H,6-7,10H2,1H3. The molecule has 1 nitrogen and oxygen atoms in total. The van der Waals surface area contributed by atoms with Gasteiger partial charge in [-0.15, -0.1) is 0 Å². The van der Waals surface area contributed by atoms with E-state index in [1.807, 2.05) is 6.92 Å². The summed E-state index contributed by atoms with van der Waals surface area (Å²) >= 11 is 3.38. The van der Waals surface area contributed by atoms with Gasteiger partial charge in [-0.2, -0.15) is 0 Å². The van der Waals surface area contributed by atoms with Crippen LogP contribution in [0.4, 0.5) is 4.39 Å². The van der Waals surface area contributed by atoms with Crippen molar-refractivity contribution in [1.29, 1.82) is 0 Å². The summed E-state index contributed by atoms with van der Waals surface area (Å²) < 4.78 is 13.9. The summed E-state index contributed by atoms with van der Waals surface area (Å²) in [5.41, 5.74) is 3.48. The van der Waals surface area contributed by atoms with Crippen molar-refractivity contribution in [3.63, 3.8) is 0 Å². The van der Waals surface area contributed by atoms with E-state index < -0.39 is 5.60 Å². The fourth-order valence-electron chi connectivity index (χ4n) is 2.98. The third kappa shape index (κ3) is 2.40. The summed E-state index contributed by atoms with van der Waals surface area (Å²) in [5.74, 6) is -0.268. The third-order valence-electron chi connectivity index (χ3n) is 4.07. The molecule has 1 unspecified atom stereocenters. The van der Waals surface area contributed by atoms with Gasteiger partial charge < -0.3 is 5.11 Å². The molecule has 0 amide bonds. The zero-order valence-corrected chi connectivity index (χ0v) is 12.9. The van der Waals surface area contributed by atoms with Gasteiger partial charge in [0.15, 0.2) is 0 Å². The minimum Gasteiger partial charge on any atom is -0.385 e. The van der Waals surface area contributed by atoms with Crippen LogP contribution in [0.1, 0.15) is 28.7 Å². The van der Waals surface area contributed by atoms with E-state index in [2.05, 4.69) is 34.1 Å². The zero-order chi connectivity index (χ0) is 14.3. The van der Waals surface area contributed by atoms with Gasteiger partial charge in [0, 0.05) is 10.9 Å². The Bertz CT molecular complexity index is 668. The van der Waals surface area contributed by atoms with Crippen molar-refractivity contribution in [2.75, 3.05) is 0 Å². The van der Waals surface area contributed by atoms with Gasteiger partial charge >= 0.3 is 0 Å². The van der Waals surface area contributed by atoms with Gasteiger partial charge in [0.05, 0.1) is 5.60 Å². The molecule has 3 rings (SSSR count). The van der Waals surface area contributed by atoms with Crippen molar-refractivity contribution in [3.05, 3.63) is 68.9 Å². The zero-order valence-electron chi connectivity index (χ0n) is 11.3. The molecule has 0 saturated carbocycles. The molecule has 1 atom stereocenters. The van der Waals surface area contributed by atoms with E-state index in [4.69, 9.17) is 0 Å². The highest BCUT2D eigenvalue weighted by molar-refractivity contribution is 9.10. The molecule has 0 aromatic heterocycles. The predicted molar refractivity (Wildman–Crippen MR) is 81.2 cm³/mol. The molecular formula is C17H16BrFO. The lowest BCUT2D eigenvalue weighted by Gasteiger charge is -2.25. The van der Waals surface area contributed by atoms with Gasteiger partial charge in [-0.05, 0) is 48.6 Å². The molecule has 0 bridgehead atoms. The molecule has 0 heterocycles. The molecule has 0 spiro atoms. The quantitative estimate of drug-likeness (QED) is 0.869. The highest BCUT2D eigenvalue weighted by Gasteiger charge is 2.37. The van der Waals surface area contributed by atoms with Gasteiger partial charge in [0.2, 0.25) is 0 Å². The highest BCUT2D eigenvalue weighted by Crippen LogP contribution is 2.40. The Balaban J connectivity index is 1.97. The maximum Gasteiger partial charge on any atom is 0.124 e. The van der Waals surface area contributed by atoms with Gasteiger partial charge in [-0.1, -0.05) is 45.8 Å². The Labute approximate surface area is 126 Å². The summed E-state index contributed by atoms with van der Waals surface area (Å²) in [7, 11) is 0. The number of aryl methyl sites for hydroxylation is 2. The molecule has 20 heavy (non-hydrogen) atoms. The average molecular weight is 335 g/mol. The van der Waals surface area contributed by atoms with Crippen molar-refractivity contribution >= 4 is 15.9 Å². The average Bonchev–Trinajstić information content (AvgIpc) is 2.71. The summed E-state index contributed by atoms with van der Waals surface area (Å²) in [4.78, 5) is 0. The molecule has 0 fully saturated rings. The molecule has 0 saturated heterocycles. The van der Waals surface area contributed by atoms with Crippen LogP contribution < -0.4 is 0 Å². The van der Waals surface area contributed by atoms with Crippen LogP contribution in [0.3, 0.4) is 0 Å². The molecule has 0 radical (unpaired) electrons. The molecule has 2 aromatic carbocycles. The van der Waals surface area contributed by atoms with E-state index in [9.17, 15) is 9.50 Å². The summed E-state index contributed by atoms with van der Waals surface area (Å²) in [6.45, 7) is 2.03. The third-order valence-corrected chi connectivity index (χ3v) is 4.81. The summed E-state index contributed by atoms with van der Waals surface area (Å²) in [6, 6.07) is 10.9. The van der Waals surface area contributed by atoms with Crippen LogP contribution in [0.2, 0.25) is 0 Å². The number of benzene rings is 2. The molecule has 1 aliphatic carbocycles. The van der Waals surface area contributed by atoms with Crippen LogP contribution in [-0.4, -0.2) is 5.11 Å². The lowest BCUT2D eigenvalue weighted by molar-refractivity contribution is 0.0387. The van der Waals surface area contributed by atoms with Crippen LogP contribution in [0.15, 0.2) is 40.9 Å². The first-order valence-corrected chi connectivity index (χ1v) is 7.53. The Kier molecular flexibility index (Phi) is 3.43. The lowest BCUT2D eigenvalue weighted by Crippen LogP contribution is -2.25. The van der Waals surface area contributed by atoms with Crippen molar-refractivity contribution in [1.82, 2.24) is 0 Å². The second-order valence-corrected chi connectivity index (χ2v) is 6.46. The monoisotopic (exact) mass is 334 g/mol. The number of fused-ring (bicyclic) bond motifs is 1. The maximum atomic E-state index is 13.2. The van der Waals surface area contributed by atoms with Crippen molar-refractivity contribution in [3.8, 4) is 0 Å². The predicted octanol–water partition coefficient (Wildman–Crippen LogP) is 4.27. The van der Waals surface area contributed by atoms with Gasteiger partial charge in [-0.25, -0.2) is 4.39 Å². The second-order valence-electron chi connectivity index (χ2n) is 5.60. The Morgan fingerprint density at radius 2 is 2.05 bits per heavy atom. The van der Waals surface area contributed by atoms with E-state index in [1.165, 1.54) is 17.7 Å². The fraction of sp³-hybridized carbons (Fsp3) is 0.294. The minimum absolute atomic E-state index is 0.268. The van der Waals surface area contributed by atoms with Crippen LogP contribution in [0.25, 0.3) is 0 Å². The normalized spacial score (nSPS) is 21.0. The molecule has 2 aromatic rings. The van der Waals surface area contributed by atoms with Crippen LogP contribution >= 0.6 is 15.9 Å². The van der Waals surface area contributed by atoms with Gasteiger partial charge in [0.1, 0.15) is 5.82 Å². The minimum atomic E-state index is -0.846. The van der Waals surface area contributed by atoms with E-state index in [0.717, 1.165) is 29.5 Å².